The van der Waals surface area contributed by atoms with E-state index in [1.54, 1.807) is 11.8 Å². The predicted molar refractivity (Wildman–Crippen MR) is 38.6 cm³/mol. The summed E-state index contributed by atoms with van der Waals surface area (Å²) in [6.45, 7) is 0. The van der Waals surface area contributed by atoms with E-state index in [1.165, 1.54) is 0 Å². The van der Waals surface area contributed by atoms with E-state index in [2.05, 4.69) is 0 Å². The minimum absolute atomic E-state index is 0. The van der Waals surface area contributed by atoms with Crippen molar-refractivity contribution in [3.8, 4) is 0 Å². The first kappa shape index (κ1) is 13.3. The third kappa shape index (κ3) is 6.78. The maximum atomic E-state index is 10.1. The molecule has 0 saturated carbocycles. The van der Waals surface area contributed by atoms with Crippen LogP contribution in [-0.2, 0) is 31.0 Å². The molecule has 0 unspecified atom stereocenters. The Labute approximate surface area is 83.9 Å². The standard InChI is InChI=1S/C5H11NO2S.Zr/c1-9-3-2-4(6)5(7)8;/h4H,2-3,6H2,1H3,(H,7,8);/t4-;/m0./s1. The molecule has 10 heavy (non-hydrogen) atoms. The van der Waals surface area contributed by atoms with Gasteiger partial charge in [0.05, 0.1) is 0 Å². The zero-order valence-electron chi connectivity index (χ0n) is 5.83. The summed E-state index contributed by atoms with van der Waals surface area (Å²) in [7, 11) is 0. The molecule has 0 rings (SSSR count). The van der Waals surface area contributed by atoms with Crippen LogP contribution in [0.5, 0.6) is 0 Å². The normalized spacial score (nSPS) is 11.8. The third-order valence-corrected chi connectivity index (χ3v) is 1.59. The van der Waals surface area contributed by atoms with Crippen LogP contribution >= 0.6 is 11.8 Å². The molecule has 0 fully saturated rings. The molecule has 0 spiro atoms. The van der Waals surface area contributed by atoms with E-state index >= 15 is 0 Å². The van der Waals surface area contributed by atoms with Gasteiger partial charge in [-0.2, -0.15) is 11.8 Å². The molecule has 0 aliphatic heterocycles. The van der Waals surface area contributed by atoms with Gasteiger partial charge >= 0.3 is 5.97 Å². The van der Waals surface area contributed by atoms with Gasteiger partial charge in [0.2, 0.25) is 0 Å². The van der Waals surface area contributed by atoms with Crippen molar-refractivity contribution in [2.75, 3.05) is 12.0 Å². The number of aliphatic carboxylic acids is 1. The molecule has 5 heteroatoms. The first-order valence-corrected chi connectivity index (χ1v) is 4.05. The summed E-state index contributed by atoms with van der Waals surface area (Å²) < 4.78 is 0. The smallest absolute Gasteiger partial charge is 0.320 e. The number of carbonyl (C=O) groups is 1. The van der Waals surface area contributed by atoms with E-state index in [1.807, 2.05) is 6.26 Å². The van der Waals surface area contributed by atoms with Crippen molar-refractivity contribution in [1.29, 1.82) is 0 Å². The minimum atomic E-state index is -0.913. The number of carboxylic acids is 1. The largest absolute Gasteiger partial charge is 0.480 e. The number of carboxylic acid groups (broad SMARTS) is 1. The molecule has 0 aromatic heterocycles. The summed E-state index contributed by atoms with van der Waals surface area (Å²) in [6.07, 6.45) is 2.48. The van der Waals surface area contributed by atoms with Gasteiger partial charge in [-0.1, -0.05) is 0 Å². The van der Waals surface area contributed by atoms with Gasteiger partial charge < -0.3 is 10.8 Å². The summed E-state index contributed by atoms with van der Waals surface area (Å²) in [6, 6.07) is -0.683. The maximum absolute atomic E-state index is 10.1. The van der Waals surface area contributed by atoms with Crippen LogP contribution in [0, 0.1) is 0 Å². The van der Waals surface area contributed by atoms with E-state index < -0.39 is 12.0 Å². The third-order valence-electron chi connectivity index (χ3n) is 0.950. The van der Waals surface area contributed by atoms with E-state index in [4.69, 9.17) is 10.8 Å². The second kappa shape index (κ2) is 7.77. The van der Waals surface area contributed by atoms with Crippen LogP contribution in [0.1, 0.15) is 6.42 Å². The second-order valence-electron chi connectivity index (χ2n) is 1.73. The van der Waals surface area contributed by atoms with E-state index in [-0.39, 0.29) is 26.2 Å². The number of nitrogens with two attached hydrogens (primary N) is 1. The molecule has 0 amide bonds. The van der Waals surface area contributed by atoms with Crippen LogP contribution in [0.25, 0.3) is 0 Å². The fourth-order valence-electron chi connectivity index (χ4n) is 0.368. The number of hydrogen-bond acceptors (Lipinski definition) is 3. The van der Waals surface area contributed by atoms with E-state index in [9.17, 15) is 4.79 Å². The molecule has 3 nitrogen and oxygen atoms in total. The predicted octanol–water partition coefficient (Wildman–Crippen LogP) is 0.149. The first-order valence-electron chi connectivity index (χ1n) is 2.65. The van der Waals surface area contributed by atoms with Crippen LogP contribution < -0.4 is 5.73 Å². The first-order chi connectivity index (χ1) is 4.18. The Kier molecular flexibility index (Phi) is 10.3. The summed E-state index contributed by atoms with van der Waals surface area (Å²) in [4.78, 5) is 10.1. The van der Waals surface area contributed by atoms with E-state index in [0.29, 0.717) is 6.42 Å². The van der Waals surface area contributed by atoms with Crippen molar-refractivity contribution in [1.82, 2.24) is 0 Å². The Morgan fingerprint density at radius 2 is 2.30 bits per heavy atom. The molecule has 0 saturated heterocycles. The quantitative estimate of drug-likeness (QED) is 0.734. The summed E-state index contributed by atoms with van der Waals surface area (Å²) in [5, 5.41) is 8.27. The Balaban J connectivity index is 0. The van der Waals surface area contributed by atoms with Crippen molar-refractivity contribution in [3.05, 3.63) is 0 Å². The molecule has 0 bridgehead atoms. The van der Waals surface area contributed by atoms with E-state index in [0.717, 1.165) is 5.75 Å². The van der Waals surface area contributed by atoms with Gasteiger partial charge in [-0.3, -0.25) is 4.79 Å². The molecule has 0 heterocycles. The van der Waals surface area contributed by atoms with Crippen LogP contribution in [0.15, 0.2) is 0 Å². The topological polar surface area (TPSA) is 63.3 Å². The van der Waals surface area contributed by atoms with Gasteiger partial charge in [0.15, 0.2) is 0 Å². The molecular formula is C5H11NO2SZr. The minimum Gasteiger partial charge on any atom is -0.480 e. The molecule has 0 aromatic carbocycles. The van der Waals surface area contributed by atoms with Crippen molar-refractivity contribution in [2.45, 2.75) is 12.5 Å². The average molecular weight is 240 g/mol. The van der Waals surface area contributed by atoms with Gasteiger partial charge in [-0.15, -0.1) is 0 Å². The summed E-state index contributed by atoms with van der Waals surface area (Å²) >= 11 is 1.60. The van der Waals surface area contributed by atoms with Crippen molar-refractivity contribution < 1.29 is 36.1 Å². The molecule has 58 valence electrons. The number of rotatable bonds is 4. The molecular weight excluding hydrogens is 229 g/mol. The average Bonchev–Trinajstić information content (AvgIpc) is 1.82. The molecule has 3 N–H and O–H groups in total. The maximum Gasteiger partial charge on any atom is 0.320 e. The monoisotopic (exact) mass is 239 g/mol. The molecule has 0 aliphatic carbocycles. The molecule has 0 aromatic rings. The Morgan fingerprint density at radius 1 is 1.80 bits per heavy atom. The molecule has 0 radical (unpaired) electrons. The van der Waals surface area contributed by atoms with Gasteiger partial charge in [-0.05, 0) is 18.4 Å². The fourth-order valence-corrected chi connectivity index (χ4v) is 0.858. The van der Waals surface area contributed by atoms with Crippen LogP contribution in [0.3, 0.4) is 0 Å². The second-order valence-corrected chi connectivity index (χ2v) is 2.71. The Bertz CT molecular complexity index is 102. The van der Waals surface area contributed by atoms with Gasteiger partial charge in [-0.25, -0.2) is 0 Å². The molecule has 1 atom stereocenters. The number of hydrogen-bond donors (Lipinski definition) is 2. The fraction of sp³-hybridized carbons (Fsp3) is 0.800. The Morgan fingerprint density at radius 3 is 2.60 bits per heavy atom. The zero-order chi connectivity index (χ0) is 7.28. The van der Waals surface area contributed by atoms with Gasteiger partial charge in [0, 0.05) is 26.2 Å². The summed E-state index contributed by atoms with van der Waals surface area (Å²) in [5.74, 6) is -0.1000. The SMILES string of the molecule is CSCC[C@H](N)C(=O)O.[Zr]. The van der Waals surface area contributed by atoms with Crippen molar-refractivity contribution in [3.63, 3.8) is 0 Å². The Hall–Kier alpha value is 0.663. The van der Waals surface area contributed by atoms with Gasteiger partial charge in [0.1, 0.15) is 6.04 Å². The van der Waals surface area contributed by atoms with Gasteiger partial charge in [0.25, 0.3) is 0 Å². The summed E-state index contributed by atoms with van der Waals surface area (Å²) in [5.41, 5.74) is 5.19. The van der Waals surface area contributed by atoms with Crippen LogP contribution in [-0.4, -0.2) is 29.1 Å². The van der Waals surface area contributed by atoms with Crippen molar-refractivity contribution >= 4 is 17.7 Å². The van der Waals surface area contributed by atoms with Crippen molar-refractivity contribution in [2.24, 2.45) is 5.73 Å². The number of thioether (sulfide) groups is 1. The zero-order valence-corrected chi connectivity index (χ0v) is 9.11. The van der Waals surface area contributed by atoms with Crippen LogP contribution in [0.4, 0.5) is 0 Å². The molecule has 0 aliphatic rings. The van der Waals surface area contributed by atoms with Crippen LogP contribution in [0.2, 0.25) is 0 Å².